The van der Waals surface area contributed by atoms with Gasteiger partial charge in [0.2, 0.25) is 5.91 Å². The monoisotopic (exact) mass is 329 g/mol. The molecular formula is C16H22F3N3O. The van der Waals surface area contributed by atoms with Crippen LogP contribution in [0, 0.1) is 11.8 Å². The molecule has 0 spiro atoms. The van der Waals surface area contributed by atoms with E-state index in [-0.39, 0.29) is 13.0 Å². The van der Waals surface area contributed by atoms with E-state index < -0.39 is 23.9 Å². The second-order valence-corrected chi connectivity index (χ2v) is 6.18. The maximum absolute atomic E-state index is 13.0. The molecule has 1 aliphatic carbocycles. The number of rotatable bonds is 4. The van der Waals surface area contributed by atoms with Gasteiger partial charge in [0, 0.05) is 32.8 Å². The number of hydrogen-bond donors (Lipinski definition) is 1. The molecular weight excluding hydrogens is 307 g/mol. The zero-order valence-electron chi connectivity index (χ0n) is 13.4. The smallest absolute Gasteiger partial charge is 0.363 e. The molecule has 0 bridgehead atoms. The highest BCUT2D eigenvalue weighted by atomic mass is 19.4. The summed E-state index contributed by atoms with van der Waals surface area (Å²) in [6.45, 7) is 0.195. The Kier molecular flexibility index (Phi) is 5.49. The number of aromatic nitrogens is 1. The minimum atomic E-state index is -4.31. The molecule has 0 saturated heterocycles. The van der Waals surface area contributed by atoms with E-state index in [0.717, 1.165) is 11.4 Å². The number of carbonyl (C=O) groups excluding carboxylic acids is 1. The van der Waals surface area contributed by atoms with Crippen LogP contribution in [0.4, 0.5) is 19.0 Å². The first-order valence-corrected chi connectivity index (χ1v) is 7.75. The number of carbonyl (C=O) groups is 1. The number of alkyl halides is 3. The van der Waals surface area contributed by atoms with Crippen LogP contribution in [0.3, 0.4) is 0 Å². The van der Waals surface area contributed by atoms with Gasteiger partial charge in [0.25, 0.3) is 0 Å². The summed E-state index contributed by atoms with van der Waals surface area (Å²) in [6, 6.07) is 3.62. The first-order valence-electron chi connectivity index (χ1n) is 7.75. The Hall–Kier alpha value is -1.79. The zero-order valence-corrected chi connectivity index (χ0v) is 13.4. The van der Waals surface area contributed by atoms with Crippen molar-refractivity contribution in [3.8, 4) is 0 Å². The van der Waals surface area contributed by atoms with E-state index in [1.165, 1.54) is 0 Å². The van der Waals surface area contributed by atoms with Crippen LogP contribution in [-0.4, -0.2) is 31.2 Å². The molecule has 23 heavy (non-hydrogen) atoms. The summed E-state index contributed by atoms with van der Waals surface area (Å²) in [5.74, 6) is -2.23. The number of nitrogens with one attached hydrogen (secondary N) is 1. The SMILES string of the molecule is CN(C)c1ccc(CNC(=O)C2CCCCC2C(F)(F)F)cn1. The molecule has 7 heteroatoms. The van der Waals surface area contributed by atoms with Gasteiger partial charge in [0.05, 0.1) is 5.92 Å². The van der Waals surface area contributed by atoms with E-state index in [9.17, 15) is 18.0 Å². The molecule has 128 valence electrons. The Bertz CT molecular complexity index is 528. The third-order valence-electron chi connectivity index (χ3n) is 4.26. The average Bonchev–Trinajstić information content (AvgIpc) is 2.52. The Morgan fingerprint density at radius 1 is 1.30 bits per heavy atom. The highest BCUT2D eigenvalue weighted by Crippen LogP contribution is 2.41. The molecule has 2 rings (SSSR count). The van der Waals surface area contributed by atoms with Crippen molar-refractivity contribution in [3.05, 3.63) is 23.9 Å². The van der Waals surface area contributed by atoms with Crippen molar-refractivity contribution in [3.63, 3.8) is 0 Å². The van der Waals surface area contributed by atoms with Gasteiger partial charge in [-0.05, 0) is 24.5 Å². The van der Waals surface area contributed by atoms with Crippen molar-refractivity contribution < 1.29 is 18.0 Å². The Labute approximate surface area is 134 Å². The number of pyridine rings is 1. The van der Waals surface area contributed by atoms with Crippen molar-refractivity contribution in [2.75, 3.05) is 19.0 Å². The van der Waals surface area contributed by atoms with Gasteiger partial charge in [0.15, 0.2) is 0 Å². The number of halogens is 3. The van der Waals surface area contributed by atoms with Crippen LogP contribution in [0.25, 0.3) is 0 Å². The zero-order chi connectivity index (χ0) is 17.0. The summed E-state index contributed by atoms with van der Waals surface area (Å²) in [6.07, 6.45) is -1.14. The van der Waals surface area contributed by atoms with Crippen LogP contribution in [0.2, 0.25) is 0 Å². The van der Waals surface area contributed by atoms with E-state index in [1.807, 2.05) is 25.1 Å². The molecule has 1 aromatic rings. The number of anilines is 1. The molecule has 0 radical (unpaired) electrons. The standard InChI is InChI=1S/C16H22F3N3O/c1-22(2)14-8-7-11(9-20-14)10-21-15(23)12-5-3-4-6-13(12)16(17,18)19/h7-9,12-13H,3-6,10H2,1-2H3,(H,21,23). The largest absolute Gasteiger partial charge is 0.392 e. The van der Waals surface area contributed by atoms with Gasteiger partial charge < -0.3 is 10.2 Å². The van der Waals surface area contributed by atoms with Gasteiger partial charge in [-0.2, -0.15) is 13.2 Å². The van der Waals surface area contributed by atoms with Crippen LogP contribution in [0.5, 0.6) is 0 Å². The number of hydrogen-bond acceptors (Lipinski definition) is 3. The van der Waals surface area contributed by atoms with E-state index >= 15 is 0 Å². The molecule has 0 aromatic carbocycles. The molecule has 1 heterocycles. The van der Waals surface area contributed by atoms with Gasteiger partial charge in [-0.3, -0.25) is 4.79 Å². The summed E-state index contributed by atoms with van der Waals surface area (Å²) in [5.41, 5.74) is 0.767. The molecule has 2 unspecified atom stereocenters. The molecule has 0 aliphatic heterocycles. The van der Waals surface area contributed by atoms with E-state index in [2.05, 4.69) is 10.3 Å². The molecule has 1 fully saturated rings. The topological polar surface area (TPSA) is 45.2 Å². The lowest BCUT2D eigenvalue weighted by Crippen LogP contribution is -2.42. The minimum Gasteiger partial charge on any atom is -0.363 e. The first-order chi connectivity index (χ1) is 10.8. The Balaban J connectivity index is 1.95. The molecule has 2 atom stereocenters. The van der Waals surface area contributed by atoms with Crippen LogP contribution in [-0.2, 0) is 11.3 Å². The average molecular weight is 329 g/mol. The molecule has 1 amide bonds. The number of amides is 1. The second kappa shape index (κ2) is 7.19. The van der Waals surface area contributed by atoms with Crippen LogP contribution in [0.1, 0.15) is 31.2 Å². The predicted molar refractivity (Wildman–Crippen MR) is 81.9 cm³/mol. The quantitative estimate of drug-likeness (QED) is 0.923. The van der Waals surface area contributed by atoms with Gasteiger partial charge in [0.1, 0.15) is 5.82 Å². The molecule has 1 aliphatic rings. The van der Waals surface area contributed by atoms with Crippen LogP contribution >= 0.6 is 0 Å². The third-order valence-corrected chi connectivity index (χ3v) is 4.26. The third kappa shape index (κ3) is 4.59. The van der Waals surface area contributed by atoms with E-state index in [1.54, 1.807) is 12.3 Å². The summed E-state index contributed by atoms with van der Waals surface area (Å²) in [5, 5.41) is 2.63. The van der Waals surface area contributed by atoms with Crippen molar-refractivity contribution in [1.29, 1.82) is 0 Å². The second-order valence-electron chi connectivity index (χ2n) is 6.18. The molecule has 1 N–H and O–H groups in total. The van der Waals surface area contributed by atoms with Gasteiger partial charge in [-0.25, -0.2) is 4.98 Å². The lowest BCUT2D eigenvalue weighted by molar-refractivity contribution is -0.198. The maximum atomic E-state index is 13.0. The summed E-state index contributed by atoms with van der Waals surface area (Å²) < 4.78 is 39.1. The summed E-state index contributed by atoms with van der Waals surface area (Å²) in [7, 11) is 3.73. The fourth-order valence-corrected chi connectivity index (χ4v) is 2.94. The van der Waals surface area contributed by atoms with Crippen molar-refractivity contribution in [2.45, 2.75) is 38.4 Å². The van der Waals surface area contributed by atoms with Gasteiger partial charge in [-0.15, -0.1) is 0 Å². The van der Waals surface area contributed by atoms with Gasteiger partial charge in [-0.1, -0.05) is 18.9 Å². The van der Waals surface area contributed by atoms with Crippen molar-refractivity contribution in [1.82, 2.24) is 10.3 Å². The summed E-state index contributed by atoms with van der Waals surface area (Å²) in [4.78, 5) is 18.2. The Morgan fingerprint density at radius 2 is 2.00 bits per heavy atom. The number of nitrogens with zero attached hydrogens (tertiary/aromatic N) is 2. The van der Waals surface area contributed by atoms with Crippen LogP contribution < -0.4 is 10.2 Å². The first kappa shape index (κ1) is 17.6. The minimum absolute atomic E-state index is 0.0423. The lowest BCUT2D eigenvalue weighted by Gasteiger charge is -2.32. The molecule has 1 saturated carbocycles. The Morgan fingerprint density at radius 3 is 2.57 bits per heavy atom. The van der Waals surface area contributed by atoms with Gasteiger partial charge >= 0.3 is 6.18 Å². The highest BCUT2D eigenvalue weighted by Gasteiger charge is 2.47. The molecule has 1 aromatic heterocycles. The maximum Gasteiger partial charge on any atom is 0.392 e. The fraction of sp³-hybridized carbons (Fsp3) is 0.625. The fourth-order valence-electron chi connectivity index (χ4n) is 2.94. The highest BCUT2D eigenvalue weighted by molar-refractivity contribution is 5.79. The summed E-state index contributed by atoms with van der Waals surface area (Å²) >= 11 is 0. The van der Waals surface area contributed by atoms with Crippen molar-refractivity contribution in [2.24, 2.45) is 11.8 Å². The van der Waals surface area contributed by atoms with Crippen LogP contribution in [0.15, 0.2) is 18.3 Å². The van der Waals surface area contributed by atoms with E-state index in [4.69, 9.17) is 0 Å². The predicted octanol–water partition coefficient (Wildman–Crippen LogP) is 3.13. The lowest BCUT2D eigenvalue weighted by atomic mass is 9.78. The molecule has 4 nitrogen and oxygen atoms in total. The van der Waals surface area contributed by atoms with Crippen molar-refractivity contribution >= 4 is 11.7 Å². The normalized spacial score (nSPS) is 21.8. The van der Waals surface area contributed by atoms with E-state index in [0.29, 0.717) is 19.3 Å².